The van der Waals surface area contributed by atoms with Crippen molar-refractivity contribution >= 4 is 28.9 Å². The number of piperidine rings is 1. The first-order valence-corrected chi connectivity index (χ1v) is 11.2. The minimum Gasteiger partial charge on any atom is -0.360 e. The van der Waals surface area contributed by atoms with E-state index in [0.717, 1.165) is 37.9 Å². The molecule has 1 fully saturated rings. The number of aldehydes is 1. The van der Waals surface area contributed by atoms with Crippen LogP contribution in [0.15, 0.2) is 54.7 Å². The first-order valence-electron chi connectivity index (χ1n) is 11.2. The van der Waals surface area contributed by atoms with Gasteiger partial charge in [0.05, 0.1) is 5.56 Å². The molecule has 1 aliphatic heterocycles. The predicted octanol–water partition coefficient (Wildman–Crippen LogP) is 4.25. The molecule has 0 aliphatic carbocycles. The van der Waals surface area contributed by atoms with Crippen molar-refractivity contribution in [2.24, 2.45) is 11.7 Å². The zero-order valence-corrected chi connectivity index (χ0v) is 19.1. The van der Waals surface area contributed by atoms with E-state index in [1.165, 1.54) is 18.8 Å². The van der Waals surface area contributed by atoms with Crippen LogP contribution in [0.3, 0.4) is 0 Å². The molecular formula is C26H33N3O3. The van der Waals surface area contributed by atoms with Crippen LogP contribution in [-0.4, -0.2) is 48.0 Å². The zero-order valence-electron chi connectivity index (χ0n) is 19.1. The normalized spacial score (nSPS) is 13.4. The first-order chi connectivity index (χ1) is 15.7. The largest absolute Gasteiger partial charge is 0.360 e. The second-order valence-electron chi connectivity index (χ2n) is 7.37. The number of Topliss-reactive ketones (excluding diaryl/α,β-unsaturated/α-hetero) is 1. The van der Waals surface area contributed by atoms with Gasteiger partial charge in [0.1, 0.15) is 0 Å². The Morgan fingerprint density at radius 2 is 1.72 bits per heavy atom. The zero-order chi connectivity index (χ0) is 23.5. The number of amides is 1. The molecule has 1 aliphatic rings. The van der Waals surface area contributed by atoms with Crippen LogP contribution in [0.4, 0.5) is 0 Å². The summed E-state index contributed by atoms with van der Waals surface area (Å²) in [6.45, 7) is 5.48. The van der Waals surface area contributed by atoms with Crippen molar-refractivity contribution in [2.45, 2.75) is 33.1 Å². The molecule has 3 N–H and O–H groups in total. The van der Waals surface area contributed by atoms with E-state index in [1.54, 1.807) is 18.2 Å². The van der Waals surface area contributed by atoms with Crippen molar-refractivity contribution in [3.8, 4) is 0 Å². The fourth-order valence-electron chi connectivity index (χ4n) is 3.99. The summed E-state index contributed by atoms with van der Waals surface area (Å²) in [6, 6.07) is 15.7. The fraction of sp³-hybridized carbons (Fsp3) is 0.346. The number of hydrogen-bond acceptors (Lipinski definition) is 4. The third-order valence-electron chi connectivity index (χ3n) is 5.57. The molecule has 6 heteroatoms. The van der Waals surface area contributed by atoms with Gasteiger partial charge in [-0.1, -0.05) is 44.2 Å². The van der Waals surface area contributed by atoms with Gasteiger partial charge in [0, 0.05) is 35.8 Å². The lowest BCUT2D eigenvalue weighted by Crippen LogP contribution is -2.38. The van der Waals surface area contributed by atoms with Gasteiger partial charge < -0.3 is 15.6 Å². The first kappa shape index (κ1) is 25.0. The monoisotopic (exact) mass is 435 g/mol. The standard InChI is InChI=1S/C23H22N2O3.C2H6.CH5N/c26-15-22(27)20-14-24-21-7-6-18(13-19(20)21)23(28)25-10-8-17(9-11-25)12-16-4-2-1-3-5-16;2*1-2/h1-7,13-15,17,24H,8-12H2;1-2H3;2H2,1H3. The maximum Gasteiger partial charge on any atom is 0.253 e. The molecule has 32 heavy (non-hydrogen) atoms. The molecule has 0 atom stereocenters. The Hall–Kier alpha value is -3.25. The Morgan fingerprint density at radius 3 is 2.34 bits per heavy atom. The summed E-state index contributed by atoms with van der Waals surface area (Å²) in [6.07, 6.45) is 4.85. The molecule has 6 nitrogen and oxygen atoms in total. The SMILES string of the molecule is CC.CN.O=CC(=O)c1c[nH]c2ccc(C(=O)N3CCC(Cc4ccccc4)CC3)cc12. The minimum absolute atomic E-state index is 0.0224. The molecule has 1 aromatic heterocycles. The number of H-pyrrole nitrogens is 1. The van der Waals surface area contributed by atoms with Crippen molar-refractivity contribution in [1.29, 1.82) is 0 Å². The number of benzene rings is 2. The number of aromatic nitrogens is 1. The average Bonchev–Trinajstić information content (AvgIpc) is 3.30. The van der Waals surface area contributed by atoms with Gasteiger partial charge in [0.2, 0.25) is 5.78 Å². The van der Waals surface area contributed by atoms with Crippen LogP contribution in [0.5, 0.6) is 0 Å². The number of rotatable bonds is 5. The van der Waals surface area contributed by atoms with Crippen LogP contribution in [0, 0.1) is 5.92 Å². The Kier molecular flexibility index (Phi) is 9.82. The van der Waals surface area contributed by atoms with Crippen LogP contribution in [-0.2, 0) is 11.2 Å². The van der Waals surface area contributed by atoms with Crippen molar-refractivity contribution in [1.82, 2.24) is 9.88 Å². The highest BCUT2D eigenvalue weighted by Gasteiger charge is 2.24. The molecule has 0 spiro atoms. The number of likely N-dealkylation sites (tertiary alicyclic amines) is 1. The topological polar surface area (TPSA) is 96.3 Å². The van der Waals surface area contributed by atoms with Crippen molar-refractivity contribution in [3.05, 3.63) is 71.4 Å². The van der Waals surface area contributed by atoms with Crippen LogP contribution in [0.25, 0.3) is 10.9 Å². The van der Waals surface area contributed by atoms with E-state index in [-0.39, 0.29) is 5.91 Å². The summed E-state index contributed by atoms with van der Waals surface area (Å²) >= 11 is 0. The second-order valence-corrected chi connectivity index (χ2v) is 7.37. The molecule has 0 saturated carbocycles. The molecule has 170 valence electrons. The molecule has 3 aromatic rings. The Balaban J connectivity index is 0.000000860. The number of fused-ring (bicyclic) bond motifs is 1. The van der Waals surface area contributed by atoms with Crippen LogP contribution < -0.4 is 5.73 Å². The number of hydrogen-bond donors (Lipinski definition) is 2. The fourth-order valence-corrected chi connectivity index (χ4v) is 3.99. The van der Waals surface area contributed by atoms with Crippen molar-refractivity contribution in [2.75, 3.05) is 20.1 Å². The molecule has 0 unspecified atom stereocenters. The van der Waals surface area contributed by atoms with Gasteiger partial charge in [0.25, 0.3) is 5.91 Å². The smallest absolute Gasteiger partial charge is 0.253 e. The lowest BCUT2D eigenvalue weighted by molar-refractivity contribution is -0.104. The number of nitrogens with zero attached hydrogens (tertiary/aromatic N) is 1. The third-order valence-corrected chi connectivity index (χ3v) is 5.57. The summed E-state index contributed by atoms with van der Waals surface area (Å²) in [4.78, 5) is 40.4. The van der Waals surface area contributed by atoms with Gasteiger partial charge in [0.15, 0.2) is 6.29 Å². The van der Waals surface area contributed by atoms with Gasteiger partial charge in [-0.15, -0.1) is 0 Å². The van der Waals surface area contributed by atoms with Crippen LogP contribution >= 0.6 is 0 Å². The second kappa shape index (κ2) is 12.6. The molecule has 1 amide bonds. The Morgan fingerprint density at radius 1 is 1.06 bits per heavy atom. The van der Waals surface area contributed by atoms with Gasteiger partial charge >= 0.3 is 0 Å². The van der Waals surface area contributed by atoms with Crippen molar-refractivity contribution in [3.63, 3.8) is 0 Å². The summed E-state index contributed by atoms with van der Waals surface area (Å²) < 4.78 is 0. The molecule has 2 heterocycles. The molecule has 1 saturated heterocycles. The van der Waals surface area contributed by atoms with E-state index in [2.05, 4.69) is 35.0 Å². The highest BCUT2D eigenvalue weighted by molar-refractivity contribution is 6.36. The van der Waals surface area contributed by atoms with Crippen molar-refractivity contribution < 1.29 is 14.4 Å². The maximum absolute atomic E-state index is 12.9. The number of ketones is 1. The van der Waals surface area contributed by atoms with Crippen LogP contribution in [0.1, 0.15) is 53.0 Å². The van der Waals surface area contributed by atoms with Gasteiger partial charge in [-0.3, -0.25) is 14.4 Å². The Bertz CT molecular complexity index is 1020. The number of nitrogens with two attached hydrogens (primary N) is 1. The number of nitrogens with one attached hydrogen (secondary N) is 1. The molecule has 0 bridgehead atoms. The summed E-state index contributed by atoms with van der Waals surface area (Å²) in [5, 5.41) is 0.613. The summed E-state index contributed by atoms with van der Waals surface area (Å²) in [5.41, 5.74) is 7.44. The van der Waals surface area contributed by atoms with Gasteiger partial charge in [-0.25, -0.2) is 0 Å². The van der Waals surface area contributed by atoms with E-state index in [0.29, 0.717) is 28.7 Å². The summed E-state index contributed by atoms with van der Waals surface area (Å²) in [7, 11) is 1.50. The van der Waals surface area contributed by atoms with Gasteiger partial charge in [-0.2, -0.15) is 0 Å². The summed E-state index contributed by atoms with van der Waals surface area (Å²) in [5.74, 6) is -0.0150. The maximum atomic E-state index is 12.9. The van der Waals surface area contributed by atoms with E-state index in [1.807, 2.05) is 24.8 Å². The number of aromatic amines is 1. The van der Waals surface area contributed by atoms with E-state index >= 15 is 0 Å². The van der Waals surface area contributed by atoms with E-state index < -0.39 is 5.78 Å². The molecule has 2 aromatic carbocycles. The number of carbonyl (C=O) groups is 3. The van der Waals surface area contributed by atoms with Gasteiger partial charge in [-0.05, 0) is 56.0 Å². The quantitative estimate of drug-likeness (QED) is 0.356. The van der Waals surface area contributed by atoms with E-state index in [9.17, 15) is 14.4 Å². The highest BCUT2D eigenvalue weighted by Crippen LogP contribution is 2.25. The molecule has 0 radical (unpaired) electrons. The molecule has 4 rings (SSSR count). The minimum atomic E-state index is -0.586. The van der Waals surface area contributed by atoms with E-state index in [4.69, 9.17) is 0 Å². The highest BCUT2D eigenvalue weighted by atomic mass is 16.2. The lowest BCUT2D eigenvalue weighted by atomic mass is 9.90. The average molecular weight is 436 g/mol. The molecular weight excluding hydrogens is 402 g/mol. The number of carbonyl (C=O) groups excluding carboxylic acids is 3. The predicted molar refractivity (Wildman–Crippen MR) is 129 cm³/mol. The van der Waals surface area contributed by atoms with Crippen LogP contribution in [0.2, 0.25) is 0 Å². The Labute approximate surface area is 189 Å². The lowest BCUT2D eigenvalue weighted by Gasteiger charge is -2.32. The third kappa shape index (κ3) is 5.92.